The maximum atomic E-state index is 2.55. The topological polar surface area (TPSA) is 7.65 Å². The number of pyridine rings is 1. The molecule has 2 nitrogen and oxygen atoms in total. The fourth-order valence-electron chi connectivity index (χ4n) is 2.91. The fourth-order valence-corrected chi connectivity index (χ4v) is 2.91. The molecule has 1 atom stereocenters. The summed E-state index contributed by atoms with van der Waals surface area (Å²) in [4.78, 5) is 2.55. The minimum Gasteiger partial charge on any atom is -0.324 e. The van der Waals surface area contributed by atoms with Gasteiger partial charge in [0.1, 0.15) is 0 Å². The lowest BCUT2D eigenvalue weighted by Gasteiger charge is -2.31. The Balaban J connectivity index is 2.18. The highest BCUT2D eigenvalue weighted by Gasteiger charge is 2.16. The van der Waals surface area contributed by atoms with E-state index in [1.165, 1.54) is 11.1 Å². The SMILES string of the molecule is CCN(C(C)C)C(C)Cc1ccn2ccccc12. The van der Waals surface area contributed by atoms with E-state index < -0.39 is 0 Å². The van der Waals surface area contributed by atoms with Gasteiger partial charge in [-0.1, -0.05) is 13.0 Å². The summed E-state index contributed by atoms with van der Waals surface area (Å²) in [5, 5.41) is 0. The molecular weight excluding hydrogens is 220 g/mol. The number of aromatic nitrogens is 1. The van der Waals surface area contributed by atoms with Crippen LogP contribution in [0.5, 0.6) is 0 Å². The van der Waals surface area contributed by atoms with Crippen LogP contribution in [0.25, 0.3) is 5.52 Å². The van der Waals surface area contributed by atoms with E-state index in [0.29, 0.717) is 12.1 Å². The van der Waals surface area contributed by atoms with E-state index in [-0.39, 0.29) is 0 Å². The number of likely N-dealkylation sites (N-methyl/N-ethyl adjacent to an activating group) is 1. The molecule has 18 heavy (non-hydrogen) atoms. The van der Waals surface area contributed by atoms with Crippen LogP contribution >= 0.6 is 0 Å². The maximum Gasteiger partial charge on any atom is 0.0482 e. The Morgan fingerprint density at radius 2 is 1.89 bits per heavy atom. The van der Waals surface area contributed by atoms with E-state index >= 15 is 0 Å². The second kappa shape index (κ2) is 5.57. The van der Waals surface area contributed by atoms with Gasteiger partial charge in [-0.15, -0.1) is 0 Å². The van der Waals surface area contributed by atoms with E-state index in [4.69, 9.17) is 0 Å². The molecule has 98 valence electrons. The van der Waals surface area contributed by atoms with Gasteiger partial charge in [-0.3, -0.25) is 4.90 Å². The van der Waals surface area contributed by atoms with Gasteiger partial charge in [-0.05, 0) is 57.5 Å². The van der Waals surface area contributed by atoms with Crippen LogP contribution in [0, 0.1) is 0 Å². The van der Waals surface area contributed by atoms with Crippen LogP contribution in [0.4, 0.5) is 0 Å². The van der Waals surface area contributed by atoms with Crippen molar-refractivity contribution in [3.8, 4) is 0 Å². The van der Waals surface area contributed by atoms with Crippen molar-refractivity contribution in [1.29, 1.82) is 0 Å². The van der Waals surface area contributed by atoms with Gasteiger partial charge < -0.3 is 4.40 Å². The monoisotopic (exact) mass is 244 g/mol. The lowest BCUT2D eigenvalue weighted by molar-refractivity contribution is 0.173. The van der Waals surface area contributed by atoms with Crippen molar-refractivity contribution in [3.05, 3.63) is 42.2 Å². The highest BCUT2D eigenvalue weighted by atomic mass is 15.2. The lowest BCUT2D eigenvalue weighted by atomic mass is 10.1. The van der Waals surface area contributed by atoms with Crippen molar-refractivity contribution in [2.45, 2.75) is 46.2 Å². The molecular formula is C16H24N2. The summed E-state index contributed by atoms with van der Waals surface area (Å²) in [7, 11) is 0. The van der Waals surface area contributed by atoms with Crippen LogP contribution in [0.3, 0.4) is 0 Å². The van der Waals surface area contributed by atoms with Crippen molar-refractivity contribution in [1.82, 2.24) is 9.30 Å². The highest BCUT2D eigenvalue weighted by molar-refractivity contribution is 5.55. The molecule has 0 saturated heterocycles. The lowest BCUT2D eigenvalue weighted by Crippen LogP contribution is -2.39. The molecule has 2 heterocycles. The summed E-state index contributed by atoms with van der Waals surface area (Å²) in [6.45, 7) is 10.2. The van der Waals surface area contributed by atoms with Gasteiger partial charge in [0.15, 0.2) is 0 Å². The van der Waals surface area contributed by atoms with Gasteiger partial charge in [-0.25, -0.2) is 0 Å². The van der Waals surface area contributed by atoms with Gasteiger partial charge in [0.2, 0.25) is 0 Å². The van der Waals surface area contributed by atoms with E-state index in [0.717, 1.165) is 13.0 Å². The Morgan fingerprint density at radius 3 is 2.56 bits per heavy atom. The van der Waals surface area contributed by atoms with Crippen LogP contribution in [0.15, 0.2) is 36.7 Å². The summed E-state index contributed by atoms with van der Waals surface area (Å²) in [5.74, 6) is 0. The van der Waals surface area contributed by atoms with Crippen LogP contribution < -0.4 is 0 Å². The molecule has 0 N–H and O–H groups in total. The maximum absolute atomic E-state index is 2.55. The zero-order valence-electron chi connectivity index (χ0n) is 11.9. The molecule has 2 aromatic heterocycles. The number of hydrogen-bond donors (Lipinski definition) is 0. The molecule has 0 aliphatic rings. The first-order valence-corrected chi connectivity index (χ1v) is 6.93. The van der Waals surface area contributed by atoms with Gasteiger partial charge >= 0.3 is 0 Å². The van der Waals surface area contributed by atoms with Gasteiger partial charge in [0, 0.05) is 30.0 Å². The number of fused-ring (bicyclic) bond motifs is 1. The average molecular weight is 244 g/mol. The van der Waals surface area contributed by atoms with E-state index in [1.54, 1.807) is 0 Å². The molecule has 2 rings (SSSR count). The molecule has 0 aromatic carbocycles. The van der Waals surface area contributed by atoms with E-state index in [9.17, 15) is 0 Å². The van der Waals surface area contributed by atoms with Crippen LogP contribution in [0.2, 0.25) is 0 Å². The average Bonchev–Trinajstić information content (AvgIpc) is 2.73. The minimum atomic E-state index is 0.585. The molecule has 0 aliphatic carbocycles. The number of rotatable bonds is 5. The first-order chi connectivity index (χ1) is 8.63. The van der Waals surface area contributed by atoms with Crippen molar-refractivity contribution < 1.29 is 0 Å². The van der Waals surface area contributed by atoms with Crippen molar-refractivity contribution >= 4 is 5.52 Å². The number of hydrogen-bond acceptors (Lipinski definition) is 1. The quantitative estimate of drug-likeness (QED) is 0.780. The molecule has 2 aromatic rings. The van der Waals surface area contributed by atoms with Crippen LogP contribution in [0.1, 0.15) is 33.3 Å². The predicted octanol–water partition coefficient (Wildman–Crippen LogP) is 3.60. The third kappa shape index (κ3) is 2.59. The van der Waals surface area contributed by atoms with Gasteiger partial charge in [0.05, 0.1) is 0 Å². The Kier molecular flexibility index (Phi) is 4.07. The van der Waals surface area contributed by atoms with E-state index in [1.807, 2.05) is 0 Å². The Bertz CT molecular complexity index is 499. The third-order valence-corrected chi connectivity index (χ3v) is 3.77. The van der Waals surface area contributed by atoms with E-state index in [2.05, 4.69) is 73.7 Å². The summed E-state index contributed by atoms with van der Waals surface area (Å²) in [6.07, 6.45) is 5.39. The highest BCUT2D eigenvalue weighted by Crippen LogP contribution is 2.17. The molecule has 1 unspecified atom stereocenters. The van der Waals surface area contributed by atoms with Crippen LogP contribution in [-0.2, 0) is 6.42 Å². The molecule has 0 bridgehead atoms. The smallest absolute Gasteiger partial charge is 0.0482 e. The Labute approximate surface area is 110 Å². The summed E-state index contributed by atoms with van der Waals surface area (Å²) in [6, 6.07) is 9.84. The molecule has 0 saturated carbocycles. The van der Waals surface area contributed by atoms with Crippen molar-refractivity contribution in [2.24, 2.45) is 0 Å². The zero-order valence-corrected chi connectivity index (χ0v) is 11.9. The first-order valence-electron chi connectivity index (χ1n) is 6.93. The van der Waals surface area contributed by atoms with Gasteiger partial charge in [0.25, 0.3) is 0 Å². The van der Waals surface area contributed by atoms with Gasteiger partial charge in [-0.2, -0.15) is 0 Å². The van der Waals surface area contributed by atoms with Crippen molar-refractivity contribution in [3.63, 3.8) is 0 Å². The summed E-state index contributed by atoms with van der Waals surface area (Å²) >= 11 is 0. The Hall–Kier alpha value is -1.28. The standard InChI is InChI=1S/C16H24N2/c1-5-18(13(2)3)14(4)12-15-9-11-17-10-7-6-8-16(15)17/h6-11,13-14H,5,12H2,1-4H3. The third-order valence-electron chi connectivity index (χ3n) is 3.77. The fraction of sp³-hybridized carbons (Fsp3) is 0.500. The van der Waals surface area contributed by atoms with Crippen LogP contribution in [-0.4, -0.2) is 27.9 Å². The number of nitrogens with zero attached hydrogens (tertiary/aromatic N) is 2. The second-order valence-electron chi connectivity index (χ2n) is 5.31. The minimum absolute atomic E-state index is 0.585. The predicted molar refractivity (Wildman–Crippen MR) is 78.1 cm³/mol. The molecule has 0 fully saturated rings. The van der Waals surface area contributed by atoms with Crippen molar-refractivity contribution in [2.75, 3.05) is 6.54 Å². The largest absolute Gasteiger partial charge is 0.324 e. The molecule has 0 spiro atoms. The molecule has 0 radical (unpaired) electrons. The molecule has 0 aliphatic heterocycles. The molecule has 0 amide bonds. The zero-order chi connectivity index (χ0) is 13.1. The normalized spacial score (nSPS) is 13.7. The Morgan fingerprint density at radius 1 is 1.11 bits per heavy atom. The first kappa shape index (κ1) is 13.2. The summed E-state index contributed by atoms with van der Waals surface area (Å²) < 4.78 is 2.20. The molecule has 2 heteroatoms. The second-order valence-corrected chi connectivity index (χ2v) is 5.31. The summed E-state index contributed by atoms with van der Waals surface area (Å²) in [5.41, 5.74) is 2.78.